The number of rotatable bonds is 3. The van der Waals surface area contributed by atoms with Crippen LogP contribution in [0.4, 0.5) is 0 Å². The number of carbonyl (C=O) groups excluding carboxylic acids is 1. The van der Waals surface area contributed by atoms with Gasteiger partial charge < -0.3 is 20.1 Å². The fourth-order valence-electron chi connectivity index (χ4n) is 2.91. The second-order valence-electron chi connectivity index (χ2n) is 5.22. The van der Waals surface area contributed by atoms with Crippen molar-refractivity contribution in [1.29, 1.82) is 0 Å². The lowest BCUT2D eigenvalue weighted by molar-refractivity contribution is -0.145. The molecule has 2 rings (SSSR count). The minimum Gasteiger partial charge on any atom is -0.381 e. The Bertz CT molecular complexity index is 285. The Morgan fingerprint density at radius 3 is 2.84 bits per heavy atom. The van der Waals surface area contributed by atoms with Crippen LogP contribution in [0.2, 0.25) is 0 Å². The Balaban J connectivity index is 0.00000180. The molecule has 2 saturated heterocycles. The molecule has 2 aliphatic heterocycles. The molecule has 2 aliphatic rings. The standard InChI is InChI=1S/C13H24N2O3.ClH/c1-17-12-4-5-15(11(7-12)8-14)13(16)10-3-2-6-18-9-10;/h10-12H,2-9,14H2,1H3;1H. The highest BCUT2D eigenvalue weighted by atomic mass is 35.5. The fourth-order valence-corrected chi connectivity index (χ4v) is 2.91. The zero-order valence-electron chi connectivity index (χ0n) is 11.5. The minimum atomic E-state index is 0. The fraction of sp³-hybridized carbons (Fsp3) is 0.923. The van der Waals surface area contributed by atoms with Crippen LogP contribution in [0, 0.1) is 5.92 Å². The third-order valence-corrected chi connectivity index (χ3v) is 4.07. The Hall–Kier alpha value is -0.360. The Morgan fingerprint density at radius 2 is 2.26 bits per heavy atom. The van der Waals surface area contributed by atoms with Gasteiger partial charge in [-0.3, -0.25) is 4.79 Å². The van der Waals surface area contributed by atoms with Gasteiger partial charge in [0, 0.05) is 32.8 Å². The molecule has 3 unspecified atom stereocenters. The van der Waals surface area contributed by atoms with Gasteiger partial charge in [-0.2, -0.15) is 0 Å². The first-order valence-corrected chi connectivity index (χ1v) is 6.87. The largest absolute Gasteiger partial charge is 0.381 e. The molecule has 0 saturated carbocycles. The molecule has 5 nitrogen and oxygen atoms in total. The molecule has 0 aliphatic carbocycles. The van der Waals surface area contributed by atoms with Crippen LogP contribution < -0.4 is 5.73 Å². The van der Waals surface area contributed by atoms with Crippen LogP contribution in [0.5, 0.6) is 0 Å². The second kappa shape index (κ2) is 8.04. The summed E-state index contributed by atoms with van der Waals surface area (Å²) in [6, 6.07) is 0.123. The van der Waals surface area contributed by atoms with Crippen molar-refractivity contribution in [2.45, 2.75) is 37.8 Å². The van der Waals surface area contributed by atoms with Gasteiger partial charge >= 0.3 is 0 Å². The monoisotopic (exact) mass is 292 g/mol. The van der Waals surface area contributed by atoms with Crippen molar-refractivity contribution in [2.75, 3.05) is 33.4 Å². The van der Waals surface area contributed by atoms with Crippen LogP contribution in [0.1, 0.15) is 25.7 Å². The summed E-state index contributed by atoms with van der Waals surface area (Å²) in [5.41, 5.74) is 5.80. The van der Waals surface area contributed by atoms with E-state index in [9.17, 15) is 4.79 Å². The zero-order chi connectivity index (χ0) is 13.0. The van der Waals surface area contributed by atoms with Gasteiger partial charge in [0.15, 0.2) is 0 Å². The molecule has 0 spiro atoms. The van der Waals surface area contributed by atoms with E-state index in [0.717, 1.165) is 38.8 Å². The number of nitrogens with two attached hydrogens (primary N) is 1. The summed E-state index contributed by atoms with van der Waals surface area (Å²) in [6.07, 6.45) is 3.93. The summed E-state index contributed by atoms with van der Waals surface area (Å²) in [7, 11) is 1.73. The van der Waals surface area contributed by atoms with Gasteiger partial charge in [-0.15, -0.1) is 12.4 Å². The van der Waals surface area contributed by atoms with Crippen molar-refractivity contribution in [3.63, 3.8) is 0 Å². The molecule has 2 fully saturated rings. The topological polar surface area (TPSA) is 64.8 Å². The van der Waals surface area contributed by atoms with E-state index in [-0.39, 0.29) is 36.4 Å². The van der Waals surface area contributed by atoms with Gasteiger partial charge in [-0.25, -0.2) is 0 Å². The van der Waals surface area contributed by atoms with Crippen molar-refractivity contribution < 1.29 is 14.3 Å². The maximum Gasteiger partial charge on any atom is 0.228 e. The molecule has 0 radical (unpaired) electrons. The molecule has 0 bridgehead atoms. The highest BCUT2D eigenvalue weighted by Gasteiger charge is 2.34. The number of hydrogen-bond acceptors (Lipinski definition) is 4. The lowest BCUT2D eigenvalue weighted by atomic mass is 9.94. The van der Waals surface area contributed by atoms with Gasteiger partial charge in [-0.1, -0.05) is 0 Å². The molecule has 0 aromatic heterocycles. The average Bonchev–Trinajstić information content (AvgIpc) is 2.46. The van der Waals surface area contributed by atoms with Crippen molar-refractivity contribution in [3.8, 4) is 0 Å². The van der Waals surface area contributed by atoms with Gasteiger partial charge in [0.2, 0.25) is 5.91 Å². The number of ether oxygens (including phenoxy) is 2. The normalized spacial score (nSPS) is 31.7. The molecular weight excluding hydrogens is 268 g/mol. The lowest BCUT2D eigenvalue weighted by Gasteiger charge is -2.40. The molecular formula is C13H25ClN2O3. The first-order valence-electron chi connectivity index (χ1n) is 6.87. The number of piperidine rings is 1. The second-order valence-corrected chi connectivity index (χ2v) is 5.22. The van der Waals surface area contributed by atoms with Gasteiger partial charge in [0.05, 0.1) is 18.6 Å². The Labute approximate surface area is 121 Å². The van der Waals surface area contributed by atoms with E-state index in [2.05, 4.69) is 0 Å². The predicted molar refractivity (Wildman–Crippen MR) is 75.4 cm³/mol. The molecule has 2 heterocycles. The van der Waals surface area contributed by atoms with Crippen LogP contribution in [0.3, 0.4) is 0 Å². The van der Waals surface area contributed by atoms with E-state index in [1.54, 1.807) is 7.11 Å². The third-order valence-electron chi connectivity index (χ3n) is 4.07. The Kier molecular flexibility index (Phi) is 7.07. The van der Waals surface area contributed by atoms with Crippen molar-refractivity contribution in [3.05, 3.63) is 0 Å². The Morgan fingerprint density at radius 1 is 1.47 bits per heavy atom. The van der Waals surface area contributed by atoms with Crippen LogP contribution >= 0.6 is 12.4 Å². The average molecular weight is 293 g/mol. The van der Waals surface area contributed by atoms with Gasteiger partial charge in [0.1, 0.15) is 0 Å². The highest BCUT2D eigenvalue weighted by Crippen LogP contribution is 2.24. The number of methoxy groups -OCH3 is 1. The summed E-state index contributed by atoms with van der Waals surface area (Å²) in [6.45, 7) is 2.63. The number of nitrogens with zero attached hydrogens (tertiary/aromatic N) is 1. The number of likely N-dealkylation sites (tertiary alicyclic amines) is 1. The van der Waals surface area contributed by atoms with Crippen LogP contribution in [-0.2, 0) is 14.3 Å². The summed E-state index contributed by atoms with van der Waals surface area (Å²) < 4.78 is 10.8. The minimum absolute atomic E-state index is 0. The molecule has 2 N–H and O–H groups in total. The molecule has 0 aromatic rings. The highest BCUT2D eigenvalue weighted by molar-refractivity contribution is 5.85. The molecule has 3 atom stereocenters. The molecule has 19 heavy (non-hydrogen) atoms. The van der Waals surface area contributed by atoms with E-state index in [4.69, 9.17) is 15.2 Å². The van der Waals surface area contributed by atoms with Crippen molar-refractivity contribution in [1.82, 2.24) is 4.90 Å². The number of amides is 1. The van der Waals surface area contributed by atoms with Crippen LogP contribution in [0.25, 0.3) is 0 Å². The summed E-state index contributed by atoms with van der Waals surface area (Å²) >= 11 is 0. The first-order chi connectivity index (χ1) is 8.76. The maximum absolute atomic E-state index is 12.5. The molecule has 0 aromatic carbocycles. The SMILES string of the molecule is COC1CCN(C(=O)C2CCCOC2)C(CN)C1.Cl. The van der Waals surface area contributed by atoms with E-state index in [0.29, 0.717) is 13.2 Å². The van der Waals surface area contributed by atoms with E-state index < -0.39 is 0 Å². The summed E-state index contributed by atoms with van der Waals surface area (Å²) in [5.74, 6) is 0.256. The quantitative estimate of drug-likeness (QED) is 0.836. The molecule has 112 valence electrons. The zero-order valence-corrected chi connectivity index (χ0v) is 12.4. The summed E-state index contributed by atoms with van der Waals surface area (Å²) in [4.78, 5) is 14.4. The van der Waals surface area contributed by atoms with E-state index in [1.807, 2.05) is 4.90 Å². The predicted octanol–water partition coefficient (Wildman–Crippen LogP) is 0.799. The summed E-state index contributed by atoms with van der Waals surface area (Å²) in [5, 5.41) is 0. The van der Waals surface area contributed by atoms with Crippen LogP contribution in [-0.4, -0.2) is 56.4 Å². The molecule has 6 heteroatoms. The third kappa shape index (κ3) is 4.05. The smallest absolute Gasteiger partial charge is 0.228 e. The van der Waals surface area contributed by atoms with Gasteiger partial charge in [0.25, 0.3) is 0 Å². The first kappa shape index (κ1) is 16.7. The lowest BCUT2D eigenvalue weighted by Crippen LogP contribution is -2.53. The van der Waals surface area contributed by atoms with E-state index in [1.165, 1.54) is 0 Å². The van der Waals surface area contributed by atoms with Crippen LogP contribution in [0.15, 0.2) is 0 Å². The number of hydrogen-bond donors (Lipinski definition) is 1. The molecule has 1 amide bonds. The number of carbonyl (C=O) groups is 1. The van der Waals surface area contributed by atoms with E-state index >= 15 is 0 Å². The maximum atomic E-state index is 12.5. The number of halogens is 1. The van der Waals surface area contributed by atoms with Crippen molar-refractivity contribution in [2.24, 2.45) is 11.7 Å². The van der Waals surface area contributed by atoms with Gasteiger partial charge in [-0.05, 0) is 25.7 Å². The van der Waals surface area contributed by atoms with Crippen molar-refractivity contribution >= 4 is 18.3 Å².